The predicted octanol–water partition coefficient (Wildman–Crippen LogP) is 0.0216. The molecule has 1 atom stereocenters. The first-order valence-corrected chi connectivity index (χ1v) is 8.43. The number of sulfone groups is 1. The maximum absolute atomic E-state index is 12.2. The molecule has 2 saturated heterocycles. The highest BCUT2D eigenvalue weighted by atomic mass is 32.2. The van der Waals surface area contributed by atoms with Crippen molar-refractivity contribution >= 4 is 15.7 Å². The van der Waals surface area contributed by atoms with Gasteiger partial charge in [0.2, 0.25) is 5.91 Å². The number of rotatable bonds is 4. The van der Waals surface area contributed by atoms with Crippen LogP contribution in [-0.4, -0.2) is 56.4 Å². The molecule has 0 bridgehead atoms. The Morgan fingerprint density at radius 1 is 1.28 bits per heavy atom. The molecule has 6 heteroatoms. The van der Waals surface area contributed by atoms with Crippen LogP contribution in [0.3, 0.4) is 0 Å². The summed E-state index contributed by atoms with van der Waals surface area (Å²) in [6.45, 7) is 4.47. The molecule has 1 unspecified atom stereocenters. The number of nitrogens with zero attached hydrogens (tertiary/aromatic N) is 1. The molecule has 1 amide bonds. The summed E-state index contributed by atoms with van der Waals surface area (Å²) in [6.07, 6.45) is 3.12. The maximum atomic E-state index is 12.2. The van der Waals surface area contributed by atoms with Crippen molar-refractivity contribution in [1.29, 1.82) is 0 Å². The lowest BCUT2D eigenvalue weighted by Gasteiger charge is -2.31. The van der Waals surface area contributed by atoms with E-state index in [1.807, 2.05) is 0 Å². The lowest BCUT2D eigenvalue weighted by atomic mass is 10.1. The third-order valence-corrected chi connectivity index (χ3v) is 6.10. The second kappa shape index (κ2) is 5.57. The SMILES string of the molecule is CC(C(=O)N1CCCCC1)S(=O)(=O)CC1CNC1. The Balaban J connectivity index is 1.95. The Labute approximate surface area is 109 Å². The Bertz CT molecular complexity index is 398. The smallest absolute Gasteiger partial charge is 0.240 e. The molecule has 0 radical (unpaired) electrons. The van der Waals surface area contributed by atoms with Gasteiger partial charge >= 0.3 is 0 Å². The van der Waals surface area contributed by atoms with Gasteiger partial charge < -0.3 is 10.2 Å². The van der Waals surface area contributed by atoms with Gasteiger partial charge in [0.1, 0.15) is 5.25 Å². The van der Waals surface area contributed by atoms with Gasteiger partial charge in [-0.05, 0) is 32.1 Å². The molecule has 1 N–H and O–H groups in total. The van der Waals surface area contributed by atoms with Crippen LogP contribution in [0.1, 0.15) is 26.2 Å². The van der Waals surface area contributed by atoms with Crippen molar-refractivity contribution in [1.82, 2.24) is 10.2 Å². The molecule has 2 heterocycles. The van der Waals surface area contributed by atoms with Crippen LogP contribution in [0.15, 0.2) is 0 Å². The number of likely N-dealkylation sites (tertiary alicyclic amines) is 1. The van der Waals surface area contributed by atoms with Gasteiger partial charge in [-0.3, -0.25) is 4.79 Å². The molecule has 2 fully saturated rings. The molecule has 0 spiro atoms. The van der Waals surface area contributed by atoms with E-state index in [9.17, 15) is 13.2 Å². The molecule has 0 aromatic heterocycles. The quantitative estimate of drug-likeness (QED) is 0.785. The fourth-order valence-corrected chi connectivity index (χ4v) is 4.10. The van der Waals surface area contributed by atoms with Crippen molar-refractivity contribution in [2.45, 2.75) is 31.4 Å². The highest BCUT2D eigenvalue weighted by molar-refractivity contribution is 7.92. The van der Waals surface area contributed by atoms with Crippen molar-refractivity contribution in [3.05, 3.63) is 0 Å². The van der Waals surface area contributed by atoms with Gasteiger partial charge in [0.25, 0.3) is 0 Å². The molecule has 2 aliphatic heterocycles. The third kappa shape index (κ3) is 3.03. The van der Waals surface area contributed by atoms with Crippen LogP contribution >= 0.6 is 0 Å². The van der Waals surface area contributed by atoms with Crippen LogP contribution in [0.5, 0.6) is 0 Å². The van der Waals surface area contributed by atoms with E-state index < -0.39 is 15.1 Å². The summed E-state index contributed by atoms with van der Waals surface area (Å²) >= 11 is 0. The summed E-state index contributed by atoms with van der Waals surface area (Å²) in [5, 5.41) is 2.18. The van der Waals surface area contributed by atoms with Crippen molar-refractivity contribution < 1.29 is 13.2 Å². The van der Waals surface area contributed by atoms with Gasteiger partial charge in [0, 0.05) is 26.2 Å². The summed E-state index contributed by atoms with van der Waals surface area (Å²) in [6, 6.07) is 0. The van der Waals surface area contributed by atoms with Crippen LogP contribution in [0, 0.1) is 5.92 Å². The molecule has 0 aliphatic carbocycles. The number of piperidine rings is 1. The standard InChI is InChI=1S/C12H22N2O3S/c1-10(12(15)14-5-3-2-4-6-14)18(16,17)9-11-7-13-8-11/h10-11,13H,2-9H2,1H3. The minimum Gasteiger partial charge on any atom is -0.342 e. The second-order valence-corrected chi connectivity index (χ2v) is 7.75. The minimum absolute atomic E-state index is 0.140. The molecule has 2 aliphatic rings. The van der Waals surface area contributed by atoms with E-state index in [1.54, 1.807) is 11.8 Å². The molecule has 0 saturated carbocycles. The Morgan fingerprint density at radius 3 is 2.39 bits per heavy atom. The zero-order valence-electron chi connectivity index (χ0n) is 10.9. The maximum Gasteiger partial charge on any atom is 0.240 e. The number of carbonyl (C=O) groups is 1. The zero-order chi connectivity index (χ0) is 13.2. The number of carbonyl (C=O) groups excluding carboxylic acids is 1. The number of nitrogens with one attached hydrogen (secondary N) is 1. The van der Waals surface area contributed by atoms with Gasteiger partial charge in [-0.2, -0.15) is 0 Å². The molecule has 18 heavy (non-hydrogen) atoms. The molecule has 2 rings (SSSR count). The van der Waals surface area contributed by atoms with E-state index in [4.69, 9.17) is 0 Å². The Morgan fingerprint density at radius 2 is 1.89 bits per heavy atom. The highest BCUT2D eigenvalue weighted by Gasteiger charge is 2.35. The van der Waals surface area contributed by atoms with Gasteiger partial charge in [-0.25, -0.2) is 8.42 Å². The van der Waals surface area contributed by atoms with E-state index in [0.717, 1.165) is 32.4 Å². The normalized spacial score (nSPS) is 23.5. The van der Waals surface area contributed by atoms with Crippen LogP contribution in [0.4, 0.5) is 0 Å². The first kappa shape index (κ1) is 13.8. The van der Waals surface area contributed by atoms with Crippen LogP contribution in [-0.2, 0) is 14.6 Å². The molecular formula is C12H22N2O3S. The van der Waals surface area contributed by atoms with Crippen molar-refractivity contribution in [2.24, 2.45) is 5.92 Å². The van der Waals surface area contributed by atoms with Gasteiger partial charge in [-0.1, -0.05) is 0 Å². The molecule has 0 aromatic carbocycles. The molecule has 104 valence electrons. The lowest BCUT2D eigenvalue weighted by Crippen LogP contribution is -2.49. The number of amides is 1. The van der Waals surface area contributed by atoms with Gasteiger partial charge in [0.05, 0.1) is 5.75 Å². The summed E-state index contributed by atoms with van der Waals surface area (Å²) in [4.78, 5) is 13.9. The molecular weight excluding hydrogens is 252 g/mol. The van der Waals surface area contributed by atoms with Crippen molar-refractivity contribution in [2.75, 3.05) is 31.9 Å². The van der Waals surface area contributed by atoms with E-state index in [-0.39, 0.29) is 17.6 Å². The van der Waals surface area contributed by atoms with Gasteiger partial charge in [-0.15, -0.1) is 0 Å². The Kier molecular flexibility index (Phi) is 4.27. The number of hydrogen-bond donors (Lipinski definition) is 1. The average Bonchev–Trinajstić information content (AvgIpc) is 2.33. The lowest BCUT2D eigenvalue weighted by molar-refractivity contribution is -0.131. The summed E-state index contributed by atoms with van der Waals surface area (Å²) in [5.74, 6) is 0.120. The first-order chi connectivity index (χ1) is 8.50. The van der Waals surface area contributed by atoms with Crippen molar-refractivity contribution in [3.63, 3.8) is 0 Å². The van der Waals surface area contributed by atoms with E-state index >= 15 is 0 Å². The van der Waals surface area contributed by atoms with Crippen LogP contribution < -0.4 is 5.32 Å². The largest absolute Gasteiger partial charge is 0.342 e. The zero-order valence-corrected chi connectivity index (χ0v) is 11.7. The summed E-state index contributed by atoms with van der Waals surface area (Å²) in [5.41, 5.74) is 0. The monoisotopic (exact) mass is 274 g/mol. The number of hydrogen-bond acceptors (Lipinski definition) is 4. The highest BCUT2D eigenvalue weighted by Crippen LogP contribution is 2.16. The average molecular weight is 274 g/mol. The molecule has 0 aromatic rings. The second-order valence-electron chi connectivity index (χ2n) is 5.38. The Hall–Kier alpha value is -0.620. The molecule has 5 nitrogen and oxygen atoms in total. The van der Waals surface area contributed by atoms with Crippen LogP contribution in [0.25, 0.3) is 0 Å². The van der Waals surface area contributed by atoms with E-state index in [2.05, 4.69) is 5.32 Å². The van der Waals surface area contributed by atoms with Crippen LogP contribution in [0.2, 0.25) is 0 Å². The minimum atomic E-state index is -3.30. The first-order valence-electron chi connectivity index (χ1n) is 6.72. The fourth-order valence-electron chi connectivity index (χ4n) is 2.46. The van der Waals surface area contributed by atoms with Gasteiger partial charge in [0.15, 0.2) is 9.84 Å². The summed E-state index contributed by atoms with van der Waals surface area (Å²) < 4.78 is 24.3. The predicted molar refractivity (Wildman–Crippen MR) is 70.0 cm³/mol. The summed E-state index contributed by atoms with van der Waals surface area (Å²) in [7, 11) is -3.30. The third-order valence-electron chi connectivity index (χ3n) is 3.89. The van der Waals surface area contributed by atoms with Crippen molar-refractivity contribution in [3.8, 4) is 0 Å². The topological polar surface area (TPSA) is 66.5 Å². The van der Waals surface area contributed by atoms with E-state index in [1.165, 1.54) is 0 Å². The van der Waals surface area contributed by atoms with E-state index in [0.29, 0.717) is 13.1 Å². The fraction of sp³-hybridized carbons (Fsp3) is 0.917.